The largest absolute Gasteiger partial charge is 0.484 e. The van der Waals surface area contributed by atoms with Crippen molar-refractivity contribution in [3.63, 3.8) is 0 Å². The summed E-state index contributed by atoms with van der Waals surface area (Å²) in [6.07, 6.45) is 3.09. The fourth-order valence-electron chi connectivity index (χ4n) is 1.75. The molecule has 0 spiro atoms. The van der Waals surface area contributed by atoms with Crippen LogP contribution in [-0.4, -0.2) is 11.0 Å². The van der Waals surface area contributed by atoms with Gasteiger partial charge in [-0.1, -0.05) is 18.2 Å². The average molecular weight is 257 g/mol. The maximum Gasteiger partial charge on any atom is 0.308 e. The molecule has 0 N–H and O–H groups in total. The van der Waals surface area contributed by atoms with E-state index < -0.39 is 0 Å². The van der Waals surface area contributed by atoms with Crippen molar-refractivity contribution >= 4 is 5.97 Å². The number of hydrogen-bond acceptors (Lipinski definition) is 4. The number of rotatable bonds is 4. The molecule has 1 unspecified atom stereocenters. The molecule has 4 heteroatoms. The molecule has 1 heterocycles. The molecule has 4 nitrogen and oxygen atoms in total. The normalized spacial score (nSPS) is 11.7. The lowest BCUT2D eigenvalue weighted by atomic mass is 10.1. The van der Waals surface area contributed by atoms with Crippen molar-refractivity contribution < 1.29 is 14.3 Å². The van der Waals surface area contributed by atoms with Crippen LogP contribution in [0.15, 0.2) is 48.8 Å². The summed E-state index contributed by atoms with van der Waals surface area (Å²) < 4.78 is 10.9. The molecule has 0 aliphatic rings. The SMILES string of the molecule is CC(=O)Oc1ccccc1C(C)Oc1cccnc1. The highest BCUT2D eigenvalue weighted by molar-refractivity contribution is 5.69. The minimum Gasteiger partial charge on any atom is -0.484 e. The third kappa shape index (κ3) is 3.55. The molecule has 2 rings (SSSR count). The Morgan fingerprint density at radius 2 is 2.00 bits per heavy atom. The molecule has 2 aromatic rings. The Balaban J connectivity index is 2.19. The summed E-state index contributed by atoms with van der Waals surface area (Å²) in [5.74, 6) is 0.847. The number of nitrogens with zero attached hydrogens (tertiary/aromatic N) is 1. The maximum atomic E-state index is 11.1. The Morgan fingerprint density at radius 3 is 2.68 bits per heavy atom. The summed E-state index contributed by atoms with van der Waals surface area (Å²) in [7, 11) is 0. The Bertz CT molecular complexity index is 554. The standard InChI is InChI=1S/C15H15NO3/c1-11(18-13-6-5-9-16-10-13)14-7-3-4-8-15(14)19-12(2)17/h3-11H,1-2H3. The van der Waals surface area contributed by atoms with Gasteiger partial charge in [0, 0.05) is 18.7 Å². The predicted molar refractivity (Wildman–Crippen MR) is 71.0 cm³/mol. The monoisotopic (exact) mass is 257 g/mol. The molecule has 19 heavy (non-hydrogen) atoms. The highest BCUT2D eigenvalue weighted by Crippen LogP contribution is 2.28. The van der Waals surface area contributed by atoms with Crippen LogP contribution in [0.25, 0.3) is 0 Å². The third-order valence-electron chi connectivity index (χ3n) is 2.56. The fraction of sp³-hybridized carbons (Fsp3) is 0.200. The van der Waals surface area contributed by atoms with Gasteiger partial charge >= 0.3 is 5.97 Å². The highest BCUT2D eigenvalue weighted by Gasteiger charge is 2.14. The molecule has 1 aromatic heterocycles. The lowest BCUT2D eigenvalue weighted by Crippen LogP contribution is -2.09. The van der Waals surface area contributed by atoms with E-state index in [0.29, 0.717) is 11.5 Å². The van der Waals surface area contributed by atoms with Crippen LogP contribution >= 0.6 is 0 Å². The van der Waals surface area contributed by atoms with Crippen molar-refractivity contribution in [3.05, 3.63) is 54.4 Å². The second-order valence-corrected chi connectivity index (χ2v) is 4.08. The lowest BCUT2D eigenvalue weighted by molar-refractivity contribution is -0.131. The van der Waals surface area contributed by atoms with E-state index in [4.69, 9.17) is 9.47 Å². The topological polar surface area (TPSA) is 48.4 Å². The summed E-state index contributed by atoms with van der Waals surface area (Å²) >= 11 is 0. The predicted octanol–water partition coefficient (Wildman–Crippen LogP) is 3.15. The second-order valence-electron chi connectivity index (χ2n) is 4.08. The van der Waals surface area contributed by atoms with Crippen LogP contribution in [0.5, 0.6) is 11.5 Å². The number of hydrogen-bond donors (Lipinski definition) is 0. The highest BCUT2D eigenvalue weighted by atomic mass is 16.5. The van der Waals surface area contributed by atoms with Crippen molar-refractivity contribution in [1.29, 1.82) is 0 Å². The third-order valence-corrected chi connectivity index (χ3v) is 2.56. The Hall–Kier alpha value is -2.36. The van der Waals surface area contributed by atoms with E-state index in [1.165, 1.54) is 6.92 Å². The molecule has 0 saturated heterocycles. The molecule has 98 valence electrons. The van der Waals surface area contributed by atoms with Crippen molar-refractivity contribution in [2.45, 2.75) is 20.0 Å². The van der Waals surface area contributed by atoms with Gasteiger partial charge < -0.3 is 9.47 Å². The van der Waals surface area contributed by atoms with E-state index in [-0.39, 0.29) is 12.1 Å². The van der Waals surface area contributed by atoms with Gasteiger partial charge in [0.05, 0.1) is 6.20 Å². The molecule has 0 aliphatic heterocycles. The molecule has 0 fully saturated rings. The van der Waals surface area contributed by atoms with E-state index in [1.807, 2.05) is 31.2 Å². The summed E-state index contributed by atoms with van der Waals surface area (Å²) in [6.45, 7) is 3.28. The first-order chi connectivity index (χ1) is 9.16. The molecule has 0 amide bonds. The number of esters is 1. The quantitative estimate of drug-likeness (QED) is 0.623. The number of para-hydroxylation sites is 1. The van der Waals surface area contributed by atoms with Gasteiger partial charge in [0.15, 0.2) is 0 Å². The first-order valence-electron chi connectivity index (χ1n) is 6.01. The van der Waals surface area contributed by atoms with Gasteiger partial charge in [-0.3, -0.25) is 9.78 Å². The first-order valence-corrected chi connectivity index (χ1v) is 6.01. The number of pyridine rings is 1. The molecule has 0 saturated carbocycles. The zero-order chi connectivity index (χ0) is 13.7. The smallest absolute Gasteiger partial charge is 0.308 e. The second kappa shape index (κ2) is 6.00. The maximum absolute atomic E-state index is 11.1. The first kappa shape index (κ1) is 13.1. The van der Waals surface area contributed by atoms with Gasteiger partial charge in [-0.15, -0.1) is 0 Å². The molecule has 0 aliphatic carbocycles. The van der Waals surface area contributed by atoms with Gasteiger partial charge in [0.25, 0.3) is 0 Å². The van der Waals surface area contributed by atoms with Gasteiger partial charge in [-0.2, -0.15) is 0 Å². The summed E-state index contributed by atoms with van der Waals surface area (Å²) in [4.78, 5) is 15.1. The number of aromatic nitrogens is 1. The summed E-state index contributed by atoms with van der Waals surface area (Å²) in [5.41, 5.74) is 0.821. The Kier molecular flexibility index (Phi) is 4.13. The van der Waals surface area contributed by atoms with Crippen LogP contribution in [-0.2, 0) is 4.79 Å². The van der Waals surface area contributed by atoms with Gasteiger partial charge in [-0.05, 0) is 25.1 Å². The lowest BCUT2D eigenvalue weighted by Gasteiger charge is -2.17. The zero-order valence-electron chi connectivity index (χ0n) is 10.9. The van der Waals surface area contributed by atoms with Gasteiger partial charge in [-0.25, -0.2) is 0 Å². The number of carbonyl (C=O) groups excluding carboxylic acids is 1. The van der Waals surface area contributed by atoms with Gasteiger partial charge in [0.2, 0.25) is 0 Å². The number of carbonyl (C=O) groups is 1. The van der Waals surface area contributed by atoms with E-state index in [9.17, 15) is 4.79 Å². The van der Waals surface area contributed by atoms with Crippen molar-refractivity contribution in [2.75, 3.05) is 0 Å². The summed E-state index contributed by atoms with van der Waals surface area (Å²) in [5, 5.41) is 0. The van der Waals surface area contributed by atoms with Crippen LogP contribution in [0.3, 0.4) is 0 Å². The van der Waals surface area contributed by atoms with E-state index >= 15 is 0 Å². The van der Waals surface area contributed by atoms with E-state index in [2.05, 4.69) is 4.98 Å². The average Bonchev–Trinajstić information content (AvgIpc) is 2.39. The minimum atomic E-state index is -0.346. The van der Waals surface area contributed by atoms with Crippen molar-refractivity contribution in [3.8, 4) is 11.5 Å². The molecule has 1 atom stereocenters. The van der Waals surface area contributed by atoms with E-state index in [1.54, 1.807) is 24.5 Å². The minimum absolute atomic E-state index is 0.236. The fourth-order valence-corrected chi connectivity index (χ4v) is 1.75. The Labute approximate surface area is 112 Å². The molecule has 0 bridgehead atoms. The van der Waals surface area contributed by atoms with Crippen molar-refractivity contribution in [1.82, 2.24) is 4.98 Å². The van der Waals surface area contributed by atoms with Crippen LogP contribution < -0.4 is 9.47 Å². The van der Waals surface area contributed by atoms with Crippen molar-refractivity contribution in [2.24, 2.45) is 0 Å². The summed E-state index contributed by atoms with van der Waals surface area (Å²) in [6, 6.07) is 11.0. The van der Waals surface area contributed by atoms with Crippen LogP contribution in [0.1, 0.15) is 25.5 Å². The molecular weight excluding hydrogens is 242 g/mol. The van der Waals surface area contributed by atoms with Crippen LogP contribution in [0.2, 0.25) is 0 Å². The number of ether oxygens (including phenoxy) is 2. The number of benzene rings is 1. The van der Waals surface area contributed by atoms with Crippen LogP contribution in [0, 0.1) is 0 Å². The molecular formula is C15H15NO3. The van der Waals surface area contributed by atoms with Gasteiger partial charge in [0.1, 0.15) is 17.6 Å². The zero-order valence-corrected chi connectivity index (χ0v) is 10.9. The van der Waals surface area contributed by atoms with Crippen LogP contribution in [0.4, 0.5) is 0 Å². The van der Waals surface area contributed by atoms with E-state index in [0.717, 1.165) is 5.56 Å². The Morgan fingerprint density at radius 1 is 1.21 bits per heavy atom. The molecule has 0 radical (unpaired) electrons. The molecule has 1 aromatic carbocycles.